The summed E-state index contributed by atoms with van der Waals surface area (Å²) in [5, 5.41) is 14.7. The van der Waals surface area contributed by atoms with Gasteiger partial charge < -0.3 is 0 Å². The molecule has 12 rings (SSSR count). The van der Waals surface area contributed by atoms with Crippen LogP contribution in [0.5, 0.6) is 0 Å². The Bertz CT molecular complexity index is 3070. The molecule has 0 unspecified atom stereocenters. The number of hydrogen-bond donors (Lipinski definition) is 0. The van der Waals surface area contributed by atoms with Gasteiger partial charge >= 0.3 is 17.1 Å². The predicted molar refractivity (Wildman–Crippen MR) is 396 cm³/mol. The van der Waals surface area contributed by atoms with E-state index < -0.39 is 0 Å². The Morgan fingerprint density at radius 1 is 0.322 bits per heavy atom. The molecule has 6 heteroatoms. The van der Waals surface area contributed by atoms with E-state index in [9.17, 15) is 0 Å². The molecule has 11 aromatic rings. The van der Waals surface area contributed by atoms with Crippen molar-refractivity contribution in [1.29, 1.82) is 0 Å². The molecule has 0 radical (unpaired) electrons. The number of allylic oxidation sites excluding steroid dienone is 4. The zero-order valence-electron chi connectivity index (χ0n) is 51.5. The summed E-state index contributed by atoms with van der Waals surface area (Å²) in [6.45, 7) is 10.8. The zero-order valence-corrected chi connectivity index (χ0v) is 57.1. The van der Waals surface area contributed by atoms with Gasteiger partial charge in [-0.1, -0.05) is 337 Å². The monoisotopic (exact) mass is 1270 g/mol. The Labute approximate surface area is 542 Å². The molecule has 0 N–H and O–H groups in total. The van der Waals surface area contributed by atoms with Crippen LogP contribution < -0.4 is 53.0 Å². The Hall–Kier alpha value is -6.30. The van der Waals surface area contributed by atoms with Crippen molar-refractivity contribution in [2.24, 2.45) is 0 Å². The van der Waals surface area contributed by atoms with E-state index in [2.05, 4.69) is 336 Å². The summed E-state index contributed by atoms with van der Waals surface area (Å²) in [6, 6.07) is 119. The molecule has 0 amide bonds. The van der Waals surface area contributed by atoms with Crippen LogP contribution in [0.3, 0.4) is 0 Å². The van der Waals surface area contributed by atoms with E-state index in [0.717, 1.165) is 6.42 Å². The van der Waals surface area contributed by atoms with Gasteiger partial charge in [0.15, 0.2) is 0 Å². The molecular weight excluding hydrogens is 1180 g/mol. The van der Waals surface area contributed by atoms with Crippen LogP contribution in [0.1, 0.15) is 47.0 Å². The normalized spacial score (nSPS) is 10.7. The summed E-state index contributed by atoms with van der Waals surface area (Å²) >= 11 is 0. The van der Waals surface area contributed by atoms with Crippen molar-refractivity contribution in [3.63, 3.8) is 0 Å². The van der Waals surface area contributed by atoms with Crippen LogP contribution in [0.2, 0.25) is 0 Å². The van der Waals surface area contributed by atoms with Gasteiger partial charge in [-0.15, -0.1) is 6.42 Å². The van der Waals surface area contributed by atoms with E-state index in [4.69, 9.17) is 0 Å². The summed E-state index contributed by atoms with van der Waals surface area (Å²) in [7, 11) is -1.09. The van der Waals surface area contributed by atoms with Crippen molar-refractivity contribution in [2.75, 3.05) is 31.3 Å². The van der Waals surface area contributed by atoms with Crippen LogP contribution in [-0.2, 0) is 17.1 Å². The molecule has 0 nitrogen and oxygen atoms in total. The first-order valence-corrected chi connectivity index (χ1v) is 38.3. The fraction of sp³-hybridized carbons (Fsp3) is 0.148. The second-order valence-corrected chi connectivity index (χ2v) is 31.1. The summed E-state index contributed by atoms with van der Waals surface area (Å²) in [6.07, 6.45) is 17.5. The van der Waals surface area contributed by atoms with Crippen LogP contribution >= 0.6 is 39.6 Å². The van der Waals surface area contributed by atoms with Crippen LogP contribution in [0, 0.1) is 6.08 Å². The average Bonchev–Trinajstić information content (AvgIpc) is 4.56. The summed E-state index contributed by atoms with van der Waals surface area (Å²) in [4.78, 5) is 0. The molecule has 0 atom stereocenters. The molecule has 0 saturated heterocycles. The van der Waals surface area contributed by atoms with Gasteiger partial charge in [-0.2, -0.15) is 24.3 Å². The number of benzene rings is 10. The topological polar surface area (TPSA) is 0 Å². The van der Waals surface area contributed by atoms with Gasteiger partial charge in [0, 0.05) is 0 Å². The van der Waals surface area contributed by atoms with Crippen molar-refractivity contribution in [2.45, 2.75) is 47.0 Å². The van der Waals surface area contributed by atoms with Crippen molar-refractivity contribution < 1.29 is 17.1 Å². The minimum absolute atomic E-state index is 0. The van der Waals surface area contributed by atoms with Gasteiger partial charge in [0.1, 0.15) is 0 Å². The first kappa shape index (κ1) is 71.5. The van der Waals surface area contributed by atoms with Gasteiger partial charge in [0.25, 0.3) is 0 Å². The Balaban J connectivity index is 0.000000205. The van der Waals surface area contributed by atoms with E-state index >= 15 is 0 Å². The van der Waals surface area contributed by atoms with E-state index in [0.29, 0.717) is 0 Å². The van der Waals surface area contributed by atoms with Crippen molar-refractivity contribution in [3.05, 3.63) is 358 Å². The zero-order chi connectivity index (χ0) is 60.3. The summed E-state index contributed by atoms with van der Waals surface area (Å²) in [5.41, 5.74) is 0. The maximum atomic E-state index is 2.92. The number of rotatable bonds is 17. The van der Waals surface area contributed by atoms with Crippen LogP contribution in [-0.4, -0.2) is 31.3 Å². The Morgan fingerprint density at radius 2 is 0.563 bits per heavy atom. The minimum atomic E-state index is -0.309. The van der Waals surface area contributed by atoms with E-state index in [1.165, 1.54) is 90.5 Å². The van der Waals surface area contributed by atoms with Gasteiger partial charge in [-0.05, 0) is 130 Å². The third-order valence-electron chi connectivity index (χ3n) is 13.5. The third-order valence-corrected chi connectivity index (χ3v) is 26.1. The minimum Gasteiger partial charge on any atom is -0.256 e. The van der Waals surface area contributed by atoms with E-state index in [-0.39, 0.29) is 56.7 Å². The van der Waals surface area contributed by atoms with Gasteiger partial charge in [-0.25, -0.2) is 24.3 Å². The molecule has 1 aliphatic rings. The molecule has 1 aliphatic carbocycles. The molecule has 0 heterocycles. The first-order chi connectivity index (χ1) is 42.6. The van der Waals surface area contributed by atoms with Crippen LogP contribution in [0.4, 0.5) is 0 Å². The second kappa shape index (κ2) is 45.0. The largest absolute Gasteiger partial charge is 2.00 e. The van der Waals surface area contributed by atoms with Gasteiger partial charge in [0.05, 0.1) is 0 Å². The van der Waals surface area contributed by atoms with E-state index in [1.54, 1.807) is 0 Å². The van der Waals surface area contributed by atoms with Crippen molar-refractivity contribution in [3.8, 4) is 0 Å². The van der Waals surface area contributed by atoms with Crippen molar-refractivity contribution in [1.82, 2.24) is 0 Å². The second-order valence-electron chi connectivity index (χ2n) is 19.4. The van der Waals surface area contributed by atoms with Gasteiger partial charge in [-0.3, -0.25) is 6.08 Å². The quantitative estimate of drug-likeness (QED) is 0.0484. The smallest absolute Gasteiger partial charge is 0.256 e. The molecule has 0 spiro atoms. The molecule has 444 valence electrons. The average molecular weight is 1270 g/mol. The Morgan fingerprint density at radius 3 is 0.747 bits per heavy atom. The number of hydrogen-bond acceptors (Lipinski definition) is 0. The fourth-order valence-electron chi connectivity index (χ4n) is 9.32. The van der Waals surface area contributed by atoms with Crippen molar-refractivity contribution >= 4 is 92.7 Å². The molecule has 0 bridgehead atoms. The standard InChI is InChI=1S/C27H26P2.C15H17P.C14H15P.C13H13P.2C5H5.C2H6.Fe/c1-5-14-24(15-6-1)28(25-16-7-2-8-17-25)22-13-23-29(26-18-9-3-10-19-26)27-20-11-4-12-21-27;1-2-13-16(14-9-5-3-6-10-14)15-11-7-4-8-12-15;1-2-15(13-9-5-3-6-10-13)14-11-7-4-8-12-14;1-14(12-8-4-2-5-9-12)13-10-6-3-7-11-13;2*1-2-4-5-3-1;1-2;/h1-12,14-21H,13,22-23H2;3-12H,2,13H2,1H3;3-12H,2H2,1H3;2-11H,1H3;1-2,5H,3H2;1-5H;1-2H3;/q;;;;2*-1;;+2. The molecular formula is C81H87FeP5. The molecule has 87 heavy (non-hydrogen) atoms. The van der Waals surface area contributed by atoms with Gasteiger partial charge in [0.2, 0.25) is 0 Å². The maximum Gasteiger partial charge on any atom is 2.00 e. The Kier molecular flexibility index (Phi) is 37.0. The van der Waals surface area contributed by atoms with E-state index in [1.807, 2.05) is 56.3 Å². The molecule has 0 fully saturated rings. The fourth-order valence-corrected chi connectivity index (χ4v) is 20.2. The maximum absolute atomic E-state index is 2.92. The first-order valence-electron chi connectivity index (χ1n) is 30.4. The summed E-state index contributed by atoms with van der Waals surface area (Å²) < 4.78 is 0. The van der Waals surface area contributed by atoms with Crippen LogP contribution in [0.25, 0.3) is 0 Å². The molecule has 0 aliphatic heterocycles. The third kappa shape index (κ3) is 26.5. The SMILES string of the molecule is CC.CCCP(c1ccccc1)c1ccccc1.CCP(c1ccccc1)c1ccccc1.CP(c1ccccc1)c1ccccc1.[C-]1=CCC=C1.[Fe+2].c1cc[cH-]c1.c1ccc(P(CCCP(c2ccccc2)c2ccccc2)c2ccccc2)cc1. The summed E-state index contributed by atoms with van der Waals surface area (Å²) in [5.74, 6) is 0. The predicted octanol–water partition coefficient (Wildman–Crippen LogP) is 18.8. The molecule has 0 saturated carbocycles. The van der Waals surface area contributed by atoms with Crippen LogP contribution in [0.15, 0.2) is 352 Å². The molecule has 11 aromatic carbocycles. The molecule has 0 aromatic heterocycles.